The maximum Gasteiger partial charge on any atom is 0.262 e. The number of methoxy groups -OCH3 is 1. The highest BCUT2D eigenvalue weighted by molar-refractivity contribution is 7.99. The predicted octanol–water partition coefficient (Wildman–Crippen LogP) is 6.34. The summed E-state index contributed by atoms with van der Waals surface area (Å²) < 4.78 is 42.1. The number of anilines is 1. The van der Waals surface area contributed by atoms with Crippen molar-refractivity contribution in [3.63, 3.8) is 0 Å². The fraction of sp³-hybridized carbons (Fsp3) is 0.659. The number of amides is 1. The van der Waals surface area contributed by atoms with Crippen LogP contribution in [0, 0.1) is 23.7 Å². The standard InChI is InChI=1S/C41H58ClN3O6S/c1-27-8-6-10-35(40-49-23-33(24-50-40)44(3)18-19-48-4)34-14-11-31(34)22-45-25-41(17-7-9-29-20-32(42)13-15-36(29)41)26-51-38-16-12-30(21-37(38)45)39(46)43-52(5,47)28(27)2/h12-13,15-16,20-21,27-28,31,33-35,40H,5-11,14,17-19,22-26H2,1-4H3,(H,43,46,47)/t27-,28+,31-,33?,34+,35-,40?,41-,52?/m0/s1. The van der Waals surface area contributed by atoms with Gasteiger partial charge < -0.3 is 23.8 Å². The summed E-state index contributed by atoms with van der Waals surface area (Å²) >= 11 is 6.50. The lowest BCUT2D eigenvalue weighted by atomic mass is 9.64. The van der Waals surface area contributed by atoms with Gasteiger partial charge in [-0.15, -0.1) is 0 Å². The Balaban J connectivity index is 1.23. The summed E-state index contributed by atoms with van der Waals surface area (Å²) in [5, 5.41) is 0.480. The van der Waals surface area contributed by atoms with E-state index < -0.39 is 9.71 Å². The van der Waals surface area contributed by atoms with Crippen LogP contribution in [0.3, 0.4) is 0 Å². The van der Waals surface area contributed by atoms with E-state index in [1.54, 1.807) is 13.2 Å². The van der Waals surface area contributed by atoms with Crippen LogP contribution in [-0.2, 0) is 35.8 Å². The van der Waals surface area contributed by atoms with E-state index in [1.165, 1.54) is 11.1 Å². The van der Waals surface area contributed by atoms with Gasteiger partial charge >= 0.3 is 0 Å². The van der Waals surface area contributed by atoms with Gasteiger partial charge in [0.15, 0.2) is 6.29 Å². The van der Waals surface area contributed by atoms with Gasteiger partial charge in [-0.3, -0.25) is 14.4 Å². The molecule has 52 heavy (non-hydrogen) atoms. The predicted molar refractivity (Wildman–Crippen MR) is 209 cm³/mol. The minimum absolute atomic E-state index is 0.114. The number of likely N-dealkylation sites (N-methyl/N-ethyl adjacent to an activating group) is 1. The Kier molecular flexibility index (Phi) is 11.5. The van der Waals surface area contributed by atoms with Crippen molar-refractivity contribution in [3.8, 4) is 5.75 Å². The molecule has 1 saturated heterocycles. The van der Waals surface area contributed by atoms with Gasteiger partial charge in [0.25, 0.3) is 5.91 Å². The maximum atomic E-state index is 14.0. The van der Waals surface area contributed by atoms with Crippen LogP contribution in [0.25, 0.3) is 0 Å². The Hall–Kier alpha value is -2.34. The monoisotopic (exact) mass is 755 g/mol. The van der Waals surface area contributed by atoms with E-state index in [2.05, 4.69) is 46.5 Å². The molecule has 7 atom stereocenters. The number of hydrogen-bond donors (Lipinski definition) is 1. The molecule has 2 aromatic carbocycles. The van der Waals surface area contributed by atoms with Crippen LogP contribution in [0.1, 0.15) is 80.3 Å². The molecular weight excluding hydrogens is 698 g/mol. The third-order valence-electron chi connectivity index (χ3n) is 13.2. The molecule has 2 bridgehead atoms. The summed E-state index contributed by atoms with van der Waals surface area (Å²) in [5.41, 5.74) is 3.79. The third-order valence-corrected chi connectivity index (χ3v) is 15.6. The fourth-order valence-corrected chi connectivity index (χ4v) is 11.2. The Labute approximate surface area is 316 Å². The molecule has 9 nitrogen and oxygen atoms in total. The molecule has 2 aromatic rings. The zero-order chi connectivity index (χ0) is 36.6. The van der Waals surface area contributed by atoms with Crippen LogP contribution in [0.15, 0.2) is 36.4 Å². The summed E-state index contributed by atoms with van der Waals surface area (Å²) in [6.07, 6.45) is 7.93. The second-order valence-corrected chi connectivity index (χ2v) is 19.2. The number of carbonyl (C=O) groups is 1. The number of aryl methyl sites for hydroxylation is 1. The Morgan fingerprint density at radius 2 is 1.88 bits per heavy atom. The number of nitrogens with zero attached hydrogens (tertiary/aromatic N) is 2. The molecule has 5 aliphatic rings. The first-order valence-corrected chi connectivity index (χ1v) is 21.6. The van der Waals surface area contributed by atoms with Crippen molar-refractivity contribution < 1.29 is 28.0 Å². The van der Waals surface area contributed by atoms with Crippen molar-refractivity contribution in [2.75, 3.05) is 65.1 Å². The highest BCUT2D eigenvalue weighted by Crippen LogP contribution is 2.49. The largest absolute Gasteiger partial charge is 0.490 e. The van der Waals surface area contributed by atoms with E-state index in [0.29, 0.717) is 43.8 Å². The van der Waals surface area contributed by atoms with E-state index in [9.17, 15) is 9.00 Å². The maximum absolute atomic E-state index is 14.0. The lowest BCUT2D eigenvalue weighted by Gasteiger charge is -2.49. The van der Waals surface area contributed by atoms with Gasteiger partial charge in [-0.05, 0) is 124 Å². The van der Waals surface area contributed by atoms with Crippen LogP contribution in [0.2, 0.25) is 5.02 Å². The van der Waals surface area contributed by atoms with Gasteiger partial charge in [0.05, 0.1) is 47.9 Å². The first-order valence-electron chi connectivity index (χ1n) is 19.4. The Morgan fingerprint density at radius 1 is 1.08 bits per heavy atom. The van der Waals surface area contributed by atoms with Crippen LogP contribution in [0.5, 0.6) is 5.75 Å². The van der Waals surface area contributed by atoms with Crippen molar-refractivity contribution in [2.24, 2.45) is 23.7 Å². The van der Waals surface area contributed by atoms with Crippen molar-refractivity contribution >= 4 is 38.8 Å². The number of fused-ring (bicyclic) bond motifs is 4. The molecule has 0 aromatic heterocycles. The van der Waals surface area contributed by atoms with Crippen LogP contribution < -0.4 is 14.4 Å². The van der Waals surface area contributed by atoms with Crippen LogP contribution in [0.4, 0.5) is 5.69 Å². The summed E-state index contributed by atoms with van der Waals surface area (Å²) in [7, 11) is 0.922. The molecule has 3 aliphatic heterocycles. The Morgan fingerprint density at radius 3 is 2.63 bits per heavy atom. The molecule has 0 radical (unpaired) electrons. The first-order chi connectivity index (χ1) is 25.0. The molecule has 1 N–H and O–H groups in total. The number of nitrogens with one attached hydrogen (secondary N) is 1. The smallest absolute Gasteiger partial charge is 0.262 e. The zero-order valence-electron chi connectivity index (χ0n) is 31.4. The molecule has 7 rings (SSSR count). The average Bonchev–Trinajstić information content (AvgIpc) is 3.27. The summed E-state index contributed by atoms with van der Waals surface area (Å²) in [5.74, 6) is 5.75. The molecule has 11 heteroatoms. The molecule has 2 aliphatic carbocycles. The van der Waals surface area contributed by atoms with E-state index in [0.717, 1.165) is 87.5 Å². The number of carbonyl (C=O) groups excluding carboxylic acids is 1. The molecule has 1 saturated carbocycles. The second-order valence-electron chi connectivity index (χ2n) is 16.4. The van der Waals surface area contributed by atoms with E-state index in [-0.39, 0.29) is 40.7 Å². The molecule has 3 heterocycles. The lowest BCUT2D eigenvalue weighted by molar-refractivity contribution is -0.242. The van der Waals surface area contributed by atoms with E-state index in [1.807, 2.05) is 25.1 Å². The van der Waals surface area contributed by atoms with Gasteiger partial charge in [0.2, 0.25) is 0 Å². The third kappa shape index (κ3) is 7.76. The zero-order valence-corrected chi connectivity index (χ0v) is 33.0. The van der Waals surface area contributed by atoms with Crippen molar-refractivity contribution in [2.45, 2.75) is 88.2 Å². The highest BCUT2D eigenvalue weighted by atomic mass is 35.5. The van der Waals surface area contributed by atoms with E-state index >= 15 is 0 Å². The topological polar surface area (TPSA) is 89.6 Å². The average molecular weight is 756 g/mol. The van der Waals surface area contributed by atoms with Gasteiger partial charge in [0.1, 0.15) is 5.75 Å². The van der Waals surface area contributed by atoms with Crippen molar-refractivity contribution in [3.05, 3.63) is 58.1 Å². The molecule has 1 amide bonds. The number of halogens is 1. The van der Waals surface area contributed by atoms with Gasteiger partial charge in [-0.2, -0.15) is 0 Å². The summed E-state index contributed by atoms with van der Waals surface area (Å²) in [6.45, 7) is 9.06. The highest BCUT2D eigenvalue weighted by Gasteiger charge is 2.47. The SMILES string of the molecule is C=S1(=O)NC(=O)c2ccc3c(c2)N(C[C@@H]2CC[C@H]2[C@@H](C2OCC(N(C)CCOC)CO2)CCC[C@H](C)[C@H]1C)C[C@@]1(CCCc2cc(Cl)ccc21)CO3. The van der Waals surface area contributed by atoms with Crippen molar-refractivity contribution in [1.29, 1.82) is 0 Å². The minimum atomic E-state index is -2.92. The summed E-state index contributed by atoms with van der Waals surface area (Å²) in [6, 6.07) is 12.2. The van der Waals surface area contributed by atoms with Gasteiger partial charge in [0, 0.05) is 53.9 Å². The van der Waals surface area contributed by atoms with E-state index in [4.69, 9.17) is 30.5 Å². The van der Waals surface area contributed by atoms with Gasteiger partial charge in [-0.25, -0.2) is 4.21 Å². The minimum Gasteiger partial charge on any atom is -0.490 e. The molecule has 1 unspecified atom stereocenters. The van der Waals surface area contributed by atoms with Crippen LogP contribution in [-0.4, -0.2) is 98.7 Å². The van der Waals surface area contributed by atoms with Crippen molar-refractivity contribution in [1.82, 2.24) is 9.62 Å². The second kappa shape index (κ2) is 15.8. The number of rotatable bonds is 5. The molecule has 1 spiro atoms. The Bertz CT molecular complexity index is 1700. The number of hydrogen-bond acceptors (Lipinski definition) is 8. The quantitative estimate of drug-likeness (QED) is 0.354. The first kappa shape index (κ1) is 38.0. The normalized spacial score (nSPS) is 35.5. The molecule has 286 valence electrons. The van der Waals surface area contributed by atoms with Crippen LogP contribution >= 0.6 is 11.6 Å². The van der Waals surface area contributed by atoms with Gasteiger partial charge in [-0.1, -0.05) is 31.0 Å². The number of ether oxygens (including phenoxy) is 4. The molecule has 2 fully saturated rings. The molecular formula is C41H58ClN3O6S. The number of benzene rings is 2. The summed E-state index contributed by atoms with van der Waals surface area (Å²) in [4.78, 5) is 18.5. The lowest BCUT2D eigenvalue weighted by Crippen LogP contribution is -2.52. The fourth-order valence-electron chi connectivity index (χ4n) is 9.50.